The first kappa shape index (κ1) is 15.3. The molecule has 0 bridgehead atoms. The molecule has 0 radical (unpaired) electrons. The average Bonchev–Trinajstić information content (AvgIpc) is 2.78. The molecule has 0 N–H and O–H groups in total. The molecule has 1 aliphatic rings. The molecule has 2 heterocycles. The Bertz CT molecular complexity index is 778. The molecule has 0 aliphatic carbocycles. The van der Waals surface area contributed by atoms with Gasteiger partial charge in [-0.05, 0) is 43.0 Å². The van der Waals surface area contributed by atoms with E-state index >= 15 is 0 Å². The van der Waals surface area contributed by atoms with Crippen LogP contribution in [0, 0.1) is 0 Å². The van der Waals surface area contributed by atoms with Gasteiger partial charge in [-0.1, -0.05) is 0 Å². The van der Waals surface area contributed by atoms with Crippen molar-refractivity contribution < 1.29 is 9.53 Å². The number of aryl methyl sites for hydroxylation is 2. The summed E-state index contributed by atoms with van der Waals surface area (Å²) < 4.78 is 7.82. The molecule has 0 unspecified atom stereocenters. The van der Waals surface area contributed by atoms with Gasteiger partial charge in [-0.2, -0.15) is 5.10 Å². The summed E-state index contributed by atoms with van der Waals surface area (Å²) >= 11 is 0. The van der Waals surface area contributed by atoms with Crippen LogP contribution in [0.1, 0.15) is 18.4 Å². The van der Waals surface area contributed by atoms with E-state index in [9.17, 15) is 9.59 Å². The molecule has 7 heteroatoms. The highest BCUT2D eigenvalue weighted by atomic mass is 16.5. The minimum Gasteiger partial charge on any atom is -0.497 e. The fraction of sp³-hybridized carbons (Fsp3) is 0.438. The Morgan fingerprint density at radius 2 is 2.17 bits per heavy atom. The third kappa shape index (κ3) is 2.99. The van der Waals surface area contributed by atoms with Gasteiger partial charge in [-0.3, -0.25) is 9.36 Å². The van der Waals surface area contributed by atoms with Gasteiger partial charge in [0.15, 0.2) is 0 Å². The summed E-state index contributed by atoms with van der Waals surface area (Å²) in [4.78, 5) is 26.3. The van der Waals surface area contributed by atoms with E-state index < -0.39 is 0 Å². The van der Waals surface area contributed by atoms with Gasteiger partial charge in [0.1, 0.15) is 18.6 Å². The van der Waals surface area contributed by atoms with Crippen LogP contribution in [0.25, 0.3) is 0 Å². The Morgan fingerprint density at radius 1 is 1.35 bits per heavy atom. The molecule has 0 atom stereocenters. The maximum Gasteiger partial charge on any atom is 0.345 e. The third-order valence-electron chi connectivity index (χ3n) is 4.13. The molecule has 3 rings (SSSR count). The number of ether oxygens (including phenoxy) is 1. The number of hydrogen-bond donors (Lipinski definition) is 0. The Kier molecular flexibility index (Phi) is 4.18. The van der Waals surface area contributed by atoms with Crippen LogP contribution in [0.15, 0.2) is 29.3 Å². The Hall–Kier alpha value is -2.57. The van der Waals surface area contributed by atoms with Crippen LogP contribution in [0.5, 0.6) is 5.75 Å². The van der Waals surface area contributed by atoms with E-state index in [1.165, 1.54) is 15.6 Å². The highest BCUT2D eigenvalue weighted by Crippen LogP contribution is 2.30. The van der Waals surface area contributed by atoms with Gasteiger partial charge < -0.3 is 9.64 Å². The zero-order valence-corrected chi connectivity index (χ0v) is 13.4. The quantitative estimate of drug-likeness (QED) is 0.846. The number of carbonyl (C=O) groups excluding carboxylic acids is 1. The second-order valence-corrected chi connectivity index (χ2v) is 5.68. The molecular weight excluding hydrogens is 296 g/mol. The number of aromatic nitrogens is 3. The Morgan fingerprint density at radius 3 is 2.87 bits per heavy atom. The number of benzene rings is 1. The SMILES string of the molecule is COc1ccc2c(c1)CCCCN2C(=O)Cn1ncn(C)c1=O. The summed E-state index contributed by atoms with van der Waals surface area (Å²) in [6.07, 6.45) is 4.28. The Balaban J connectivity index is 1.89. The summed E-state index contributed by atoms with van der Waals surface area (Å²) in [6.45, 7) is 0.602. The van der Waals surface area contributed by atoms with Gasteiger partial charge in [0, 0.05) is 19.3 Å². The first-order valence-electron chi connectivity index (χ1n) is 7.66. The molecular formula is C16H20N4O3. The van der Waals surface area contributed by atoms with Crippen LogP contribution < -0.4 is 15.3 Å². The van der Waals surface area contributed by atoms with Gasteiger partial charge >= 0.3 is 5.69 Å². The smallest absolute Gasteiger partial charge is 0.345 e. The summed E-state index contributed by atoms with van der Waals surface area (Å²) in [5.41, 5.74) is 1.71. The number of methoxy groups -OCH3 is 1. The fourth-order valence-electron chi connectivity index (χ4n) is 2.86. The first-order valence-corrected chi connectivity index (χ1v) is 7.66. The van der Waals surface area contributed by atoms with Crippen molar-refractivity contribution in [3.63, 3.8) is 0 Å². The van der Waals surface area contributed by atoms with E-state index in [2.05, 4.69) is 5.10 Å². The lowest BCUT2D eigenvalue weighted by molar-refractivity contribution is -0.119. The number of nitrogens with zero attached hydrogens (tertiary/aromatic N) is 4. The van der Waals surface area contributed by atoms with Crippen LogP contribution in [-0.4, -0.2) is 33.9 Å². The van der Waals surface area contributed by atoms with Crippen molar-refractivity contribution in [2.75, 3.05) is 18.6 Å². The number of fused-ring (bicyclic) bond motifs is 1. The third-order valence-corrected chi connectivity index (χ3v) is 4.13. The lowest BCUT2D eigenvalue weighted by atomic mass is 10.1. The zero-order valence-electron chi connectivity index (χ0n) is 13.4. The predicted molar refractivity (Wildman–Crippen MR) is 85.8 cm³/mol. The van der Waals surface area contributed by atoms with Crippen molar-refractivity contribution in [1.29, 1.82) is 0 Å². The van der Waals surface area contributed by atoms with E-state index in [0.29, 0.717) is 6.54 Å². The molecule has 0 fully saturated rings. The average molecular weight is 316 g/mol. The van der Waals surface area contributed by atoms with Crippen molar-refractivity contribution in [3.8, 4) is 5.75 Å². The van der Waals surface area contributed by atoms with Crippen LogP contribution >= 0.6 is 0 Å². The van der Waals surface area contributed by atoms with E-state index in [0.717, 1.165) is 36.3 Å². The van der Waals surface area contributed by atoms with Crippen molar-refractivity contribution >= 4 is 11.6 Å². The minimum absolute atomic E-state index is 0.0505. The highest BCUT2D eigenvalue weighted by Gasteiger charge is 2.22. The highest BCUT2D eigenvalue weighted by molar-refractivity contribution is 5.94. The van der Waals surface area contributed by atoms with E-state index in [1.54, 1.807) is 19.1 Å². The van der Waals surface area contributed by atoms with Crippen LogP contribution in [-0.2, 0) is 24.8 Å². The van der Waals surface area contributed by atoms with Crippen molar-refractivity contribution in [3.05, 3.63) is 40.6 Å². The molecule has 23 heavy (non-hydrogen) atoms. The minimum atomic E-state index is -0.289. The monoisotopic (exact) mass is 316 g/mol. The molecule has 0 saturated heterocycles. The van der Waals surface area contributed by atoms with Gasteiger partial charge in [-0.15, -0.1) is 0 Å². The first-order chi connectivity index (χ1) is 11.1. The van der Waals surface area contributed by atoms with Crippen molar-refractivity contribution in [2.45, 2.75) is 25.8 Å². The molecule has 0 saturated carbocycles. The Labute approximate surface area is 134 Å². The second-order valence-electron chi connectivity index (χ2n) is 5.68. The maximum absolute atomic E-state index is 12.7. The van der Waals surface area contributed by atoms with E-state index in [1.807, 2.05) is 18.2 Å². The summed E-state index contributed by atoms with van der Waals surface area (Å²) in [5, 5.41) is 3.96. The van der Waals surface area contributed by atoms with Gasteiger partial charge in [0.05, 0.1) is 7.11 Å². The predicted octanol–water partition coefficient (Wildman–Crippen LogP) is 0.960. The molecule has 1 aromatic heterocycles. The van der Waals surface area contributed by atoms with Crippen molar-refractivity contribution in [1.82, 2.24) is 14.3 Å². The molecule has 122 valence electrons. The fourth-order valence-corrected chi connectivity index (χ4v) is 2.86. The summed E-state index contributed by atoms with van der Waals surface area (Å²) in [6, 6.07) is 5.75. The summed E-state index contributed by atoms with van der Waals surface area (Å²) in [7, 11) is 3.25. The lowest BCUT2D eigenvalue weighted by Crippen LogP contribution is -2.37. The number of amides is 1. The number of anilines is 1. The van der Waals surface area contributed by atoms with E-state index in [4.69, 9.17) is 4.74 Å². The van der Waals surface area contributed by atoms with Crippen LogP contribution in [0.2, 0.25) is 0 Å². The van der Waals surface area contributed by atoms with E-state index in [-0.39, 0.29) is 18.1 Å². The van der Waals surface area contributed by atoms with Crippen LogP contribution in [0.3, 0.4) is 0 Å². The van der Waals surface area contributed by atoms with Crippen LogP contribution in [0.4, 0.5) is 5.69 Å². The number of carbonyl (C=O) groups is 1. The molecule has 1 aliphatic heterocycles. The van der Waals surface area contributed by atoms with Crippen molar-refractivity contribution in [2.24, 2.45) is 7.05 Å². The lowest BCUT2D eigenvalue weighted by Gasteiger charge is -2.23. The molecule has 1 amide bonds. The topological polar surface area (TPSA) is 69.4 Å². The number of hydrogen-bond acceptors (Lipinski definition) is 4. The second kappa shape index (κ2) is 6.28. The molecule has 1 aromatic carbocycles. The van der Waals surface area contributed by atoms with Gasteiger partial charge in [0.2, 0.25) is 5.91 Å². The number of rotatable bonds is 3. The normalized spacial score (nSPS) is 14.3. The van der Waals surface area contributed by atoms with Gasteiger partial charge in [0.25, 0.3) is 0 Å². The summed E-state index contributed by atoms with van der Waals surface area (Å²) in [5.74, 6) is 0.665. The molecule has 0 spiro atoms. The van der Waals surface area contributed by atoms with Gasteiger partial charge in [-0.25, -0.2) is 9.48 Å². The molecule has 2 aromatic rings. The molecule has 7 nitrogen and oxygen atoms in total. The zero-order chi connectivity index (χ0) is 16.4. The standard InChI is InChI=1S/C16H20N4O3/c1-18-11-17-20(16(18)22)10-15(21)19-8-4-3-5-12-9-13(23-2)6-7-14(12)19/h6-7,9,11H,3-5,8,10H2,1-2H3. The largest absolute Gasteiger partial charge is 0.497 e. The maximum atomic E-state index is 12.7.